The lowest BCUT2D eigenvalue weighted by Gasteiger charge is -2.24. The molecule has 4 rings (SSSR count). The van der Waals surface area contributed by atoms with Crippen molar-refractivity contribution in [3.8, 4) is 5.75 Å². The quantitative estimate of drug-likeness (QED) is 0.839. The van der Waals surface area contributed by atoms with Crippen LogP contribution in [0.1, 0.15) is 41.0 Å². The number of carbonyl (C=O) groups excluding carboxylic acids is 2. The molecule has 2 aliphatic rings. The molecule has 0 bridgehead atoms. The fraction of sp³-hybridized carbons (Fsp3) is 0.421. The molecule has 2 aromatic rings. The van der Waals surface area contributed by atoms with Crippen molar-refractivity contribution in [3.05, 3.63) is 46.2 Å². The fourth-order valence-electron chi connectivity index (χ4n) is 3.69. The minimum absolute atomic E-state index is 0.0365. The van der Waals surface area contributed by atoms with Crippen molar-refractivity contribution in [1.82, 2.24) is 20.4 Å². The Labute approximate surface area is 162 Å². The minimum atomic E-state index is -0.236. The van der Waals surface area contributed by atoms with Crippen LogP contribution in [-0.2, 0) is 17.8 Å². The van der Waals surface area contributed by atoms with Crippen LogP contribution in [0.3, 0.4) is 0 Å². The van der Waals surface area contributed by atoms with Gasteiger partial charge in [-0.25, -0.2) is 0 Å². The number of fused-ring (bicyclic) bond motifs is 2. The number of benzene rings is 1. The Morgan fingerprint density at radius 1 is 1.41 bits per heavy atom. The van der Waals surface area contributed by atoms with E-state index >= 15 is 0 Å². The van der Waals surface area contributed by atoms with Crippen LogP contribution in [0.15, 0.2) is 24.4 Å². The maximum Gasteiger partial charge on any atom is 0.255 e. The van der Waals surface area contributed by atoms with Crippen LogP contribution in [0.5, 0.6) is 5.75 Å². The second-order valence-corrected chi connectivity index (χ2v) is 7.48. The Balaban J connectivity index is 1.48. The van der Waals surface area contributed by atoms with E-state index in [9.17, 15) is 9.59 Å². The first-order chi connectivity index (χ1) is 13.0. The van der Waals surface area contributed by atoms with Gasteiger partial charge in [0, 0.05) is 30.6 Å². The second kappa shape index (κ2) is 7.23. The first kappa shape index (κ1) is 17.9. The number of nitrogens with one attached hydrogen (secondary N) is 2. The van der Waals surface area contributed by atoms with Gasteiger partial charge in [-0.3, -0.25) is 14.3 Å². The van der Waals surface area contributed by atoms with E-state index in [-0.39, 0.29) is 17.9 Å². The molecule has 27 heavy (non-hydrogen) atoms. The summed E-state index contributed by atoms with van der Waals surface area (Å²) >= 11 is 6.08. The van der Waals surface area contributed by atoms with Crippen LogP contribution in [0.25, 0.3) is 0 Å². The lowest BCUT2D eigenvalue weighted by Crippen LogP contribution is -2.34. The smallest absolute Gasteiger partial charge is 0.255 e. The van der Waals surface area contributed by atoms with Gasteiger partial charge in [0.05, 0.1) is 23.5 Å². The average molecular weight is 389 g/mol. The predicted molar refractivity (Wildman–Crippen MR) is 99.9 cm³/mol. The number of aromatic nitrogens is 2. The van der Waals surface area contributed by atoms with E-state index in [0.29, 0.717) is 36.1 Å². The molecule has 0 radical (unpaired) electrons. The molecule has 2 unspecified atom stereocenters. The monoisotopic (exact) mass is 388 g/mol. The molecule has 8 heteroatoms. The van der Waals surface area contributed by atoms with Gasteiger partial charge in [-0.05, 0) is 37.0 Å². The summed E-state index contributed by atoms with van der Waals surface area (Å²) in [6.07, 6.45) is 3.27. The molecule has 0 fully saturated rings. The highest BCUT2D eigenvalue weighted by atomic mass is 35.5. The maximum atomic E-state index is 12.9. The zero-order chi connectivity index (χ0) is 19.0. The summed E-state index contributed by atoms with van der Waals surface area (Å²) in [6, 6.07) is 5.18. The van der Waals surface area contributed by atoms with Crippen LogP contribution >= 0.6 is 11.6 Å². The van der Waals surface area contributed by atoms with Crippen LogP contribution in [0.2, 0.25) is 5.02 Å². The topological polar surface area (TPSA) is 85.2 Å². The molecule has 0 aliphatic carbocycles. The first-order valence-corrected chi connectivity index (χ1v) is 9.41. The molecule has 1 aromatic carbocycles. The molecule has 3 heterocycles. The van der Waals surface area contributed by atoms with Gasteiger partial charge in [0.2, 0.25) is 5.91 Å². The molecule has 0 saturated carbocycles. The number of rotatable bonds is 4. The number of amides is 2. The van der Waals surface area contributed by atoms with Gasteiger partial charge < -0.3 is 15.4 Å². The van der Waals surface area contributed by atoms with Crippen molar-refractivity contribution in [2.45, 2.75) is 32.4 Å². The number of hydrogen-bond donors (Lipinski definition) is 2. The Kier molecular flexibility index (Phi) is 4.78. The Morgan fingerprint density at radius 2 is 2.26 bits per heavy atom. The van der Waals surface area contributed by atoms with Gasteiger partial charge in [-0.15, -0.1) is 0 Å². The van der Waals surface area contributed by atoms with E-state index in [4.69, 9.17) is 16.3 Å². The zero-order valence-corrected chi connectivity index (χ0v) is 15.8. The van der Waals surface area contributed by atoms with Gasteiger partial charge in [0.15, 0.2) is 0 Å². The third-order valence-electron chi connectivity index (χ3n) is 5.12. The summed E-state index contributed by atoms with van der Waals surface area (Å²) in [5, 5.41) is 10.9. The molecular formula is C19H21ClN4O3. The number of hydrogen-bond acceptors (Lipinski definition) is 4. The molecule has 2 N–H and O–H groups in total. The molecule has 2 amide bonds. The SMILES string of the molecule is CC(=O)NCC1CCn2ncc(C(=O)NC3COc4ccc(Cl)cc43)c2C1. The van der Waals surface area contributed by atoms with Crippen molar-refractivity contribution in [1.29, 1.82) is 0 Å². The average Bonchev–Trinajstić information content (AvgIpc) is 3.23. The van der Waals surface area contributed by atoms with Crippen molar-refractivity contribution in [3.63, 3.8) is 0 Å². The van der Waals surface area contributed by atoms with Crippen molar-refractivity contribution < 1.29 is 14.3 Å². The number of carbonyl (C=O) groups is 2. The van der Waals surface area contributed by atoms with Gasteiger partial charge in [-0.1, -0.05) is 11.6 Å². The summed E-state index contributed by atoms with van der Waals surface area (Å²) in [6.45, 7) is 3.26. The highest BCUT2D eigenvalue weighted by molar-refractivity contribution is 6.30. The van der Waals surface area contributed by atoms with Gasteiger partial charge in [0.25, 0.3) is 5.91 Å². The number of nitrogens with zero attached hydrogens (tertiary/aromatic N) is 2. The third kappa shape index (κ3) is 3.64. The molecule has 142 valence electrons. The largest absolute Gasteiger partial charge is 0.491 e. The summed E-state index contributed by atoms with van der Waals surface area (Å²) in [5.41, 5.74) is 2.39. The molecule has 0 spiro atoms. The van der Waals surface area contributed by atoms with Crippen LogP contribution < -0.4 is 15.4 Å². The fourth-order valence-corrected chi connectivity index (χ4v) is 3.87. The van der Waals surface area contributed by atoms with Crippen molar-refractivity contribution in [2.24, 2.45) is 5.92 Å². The number of ether oxygens (including phenoxy) is 1. The zero-order valence-electron chi connectivity index (χ0n) is 15.0. The maximum absolute atomic E-state index is 12.9. The molecule has 2 atom stereocenters. The standard InChI is InChI=1S/C19H21ClN4O3/c1-11(25)21-8-12-4-5-24-17(6-12)15(9-22-24)19(26)23-16-10-27-18-3-2-13(20)7-14(16)18/h2-3,7,9,12,16H,4-6,8,10H2,1H3,(H,21,25)(H,23,26). The first-order valence-electron chi connectivity index (χ1n) is 9.03. The van der Waals surface area contributed by atoms with E-state index in [2.05, 4.69) is 15.7 Å². The van der Waals surface area contributed by atoms with E-state index < -0.39 is 0 Å². The molecule has 7 nitrogen and oxygen atoms in total. The summed E-state index contributed by atoms with van der Waals surface area (Å²) in [7, 11) is 0. The Bertz CT molecular complexity index is 895. The van der Waals surface area contributed by atoms with Crippen LogP contribution in [-0.4, -0.2) is 34.7 Å². The summed E-state index contributed by atoms with van der Waals surface area (Å²) < 4.78 is 7.52. The lowest BCUT2D eigenvalue weighted by atomic mass is 9.94. The van der Waals surface area contributed by atoms with E-state index in [1.54, 1.807) is 12.3 Å². The molecule has 2 aliphatic heterocycles. The van der Waals surface area contributed by atoms with Crippen molar-refractivity contribution in [2.75, 3.05) is 13.2 Å². The van der Waals surface area contributed by atoms with Crippen molar-refractivity contribution >= 4 is 23.4 Å². The molecule has 0 saturated heterocycles. The minimum Gasteiger partial charge on any atom is -0.491 e. The lowest BCUT2D eigenvalue weighted by molar-refractivity contribution is -0.119. The molecular weight excluding hydrogens is 368 g/mol. The van der Waals surface area contributed by atoms with Gasteiger partial charge in [-0.2, -0.15) is 5.10 Å². The third-order valence-corrected chi connectivity index (χ3v) is 5.36. The predicted octanol–water partition coefficient (Wildman–Crippen LogP) is 2.10. The number of aryl methyl sites for hydroxylation is 1. The van der Waals surface area contributed by atoms with Crippen LogP contribution in [0, 0.1) is 5.92 Å². The van der Waals surface area contributed by atoms with E-state index in [1.807, 2.05) is 16.8 Å². The Morgan fingerprint density at radius 3 is 3.07 bits per heavy atom. The molecule has 1 aromatic heterocycles. The highest BCUT2D eigenvalue weighted by Crippen LogP contribution is 2.34. The van der Waals surface area contributed by atoms with E-state index in [1.165, 1.54) is 6.92 Å². The Hall–Kier alpha value is -2.54. The van der Waals surface area contributed by atoms with Crippen LogP contribution in [0.4, 0.5) is 0 Å². The second-order valence-electron chi connectivity index (χ2n) is 7.04. The number of halogens is 1. The van der Waals surface area contributed by atoms with Gasteiger partial charge >= 0.3 is 0 Å². The highest BCUT2D eigenvalue weighted by Gasteiger charge is 2.29. The summed E-state index contributed by atoms with van der Waals surface area (Å²) in [5.74, 6) is 0.847. The summed E-state index contributed by atoms with van der Waals surface area (Å²) in [4.78, 5) is 24.0. The normalized spacial score (nSPS) is 20.4. The van der Waals surface area contributed by atoms with Gasteiger partial charge in [0.1, 0.15) is 12.4 Å². The van der Waals surface area contributed by atoms with E-state index in [0.717, 1.165) is 30.0 Å².